The van der Waals surface area contributed by atoms with Crippen molar-refractivity contribution in [2.75, 3.05) is 24.5 Å². The number of benzene rings is 1. The van der Waals surface area contributed by atoms with E-state index in [1.54, 1.807) is 11.8 Å². The second-order valence-electron chi connectivity index (χ2n) is 7.29. The van der Waals surface area contributed by atoms with E-state index in [1.165, 1.54) is 16.9 Å². The molecular formula is C19H27ClN4OS. The van der Waals surface area contributed by atoms with Crippen molar-refractivity contribution < 1.29 is 4.79 Å². The van der Waals surface area contributed by atoms with Gasteiger partial charge < -0.3 is 5.73 Å². The van der Waals surface area contributed by atoms with Gasteiger partial charge in [-0.25, -0.2) is 4.98 Å². The molecule has 26 heavy (non-hydrogen) atoms. The van der Waals surface area contributed by atoms with Gasteiger partial charge in [0, 0.05) is 25.4 Å². The number of nitrogens with two attached hydrogens (primary N) is 1. The molecule has 1 aromatic carbocycles. The molecule has 2 heterocycles. The fraction of sp³-hybridized carbons (Fsp3) is 0.474. The highest BCUT2D eigenvalue weighted by Gasteiger charge is 2.32. The van der Waals surface area contributed by atoms with Crippen LogP contribution in [0.2, 0.25) is 0 Å². The Labute approximate surface area is 165 Å². The zero-order chi connectivity index (χ0) is 18.0. The van der Waals surface area contributed by atoms with Gasteiger partial charge in [0.05, 0.1) is 11.4 Å². The largest absolute Gasteiger partial charge is 0.330 e. The van der Waals surface area contributed by atoms with Crippen LogP contribution in [-0.2, 0) is 11.3 Å². The number of thiazole rings is 1. The standard InChI is InChI=1S/C19H26N4OS.ClH/c1-14-4-6-17(7-5-14)23(15(2)24)18-21-16(11-25-18)10-22-9-8-19(3,12-20)13-22;/h4-7,11H,8-10,12-13,20H2,1-3H3;1H. The Kier molecular flexibility index (Phi) is 6.80. The third-order valence-corrected chi connectivity index (χ3v) is 5.73. The second kappa shape index (κ2) is 8.48. The lowest BCUT2D eigenvalue weighted by Gasteiger charge is -2.22. The predicted octanol–water partition coefficient (Wildman–Crippen LogP) is 3.73. The van der Waals surface area contributed by atoms with E-state index in [0.29, 0.717) is 0 Å². The minimum absolute atomic E-state index is 0. The quantitative estimate of drug-likeness (QED) is 0.839. The molecule has 1 atom stereocenters. The topological polar surface area (TPSA) is 62.5 Å². The number of amides is 1. The van der Waals surface area contributed by atoms with E-state index in [0.717, 1.165) is 49.1 Å². The summed E-state index contributed by atoms with van der Waals surface area (Å²) in [6, 6.07) is 7.95. The number of anilines is 2. The van der Waals surface area contributed by atoms with Crippen LogP contribution in [0, 0.1) is 12.3 Å². The van der Waals surface area contributed by atoms with Crippen molar-refractivity contribution >= 4 is 40.5 Å². The molecule has 0 bridgehead atoms. The van der Waals surface area contributed by atoms with Crippen molar-refractivity contribution in [1.82, 2.24) is 9.88 Å². The Morgan fingerprint density at radius 3 is 2.65 bits per heavy atom. The Morgan fingerprint density at radius 2 is 2.08 bits per heavy atom. The molecule has 1 aromatic heterocycles. The average molecular weight is 395 g/mol. The zero-order valence-electron chi connectivity index (χ0n) is 15.6. The number of aryl methyl sites for hydroxylation is 1. The predicted molar refractivity (Wildman–Crippen MR) is 110 cm³/mol. The van der Waals surface area contributed by atoms with Crippen LogP contribution >= 0.6 is 23.7 Å². The third kappa shape index (κ3) is 4.62. The summed E-state index contributed by atoms with van der Waals surface area (Å²) in [5.74, 6) is -0.0263. The fourth-order valence-electron chi connectivity index (χ4n) is 3.25. The van der Waals surface area contributed by atoms with Gasteiger partial charge in [0.15, 0.2) is 5.13 Å². The van der Waals surface area contributed by atoms with Crippen molar-refractivity contribution in [2.24, 2.45) is 11.1 Å². The van der Waals surface area contributed by atoms with Gasteiger partial charge in [0.25, 0.3) is 0 Å². The molecule has 2 aromatic rings. The van der Waals surface area contributed by atoms with Crippen molar-refractivity contribution in [3.05, 3.63) is 40.9 Å². The van der Waals surface area contributed by atoms with Crippen LogP contribution in [0.1, 0.15) is 31.5 Å². The van der Waals surface area contributed by atoms with Gasteiger partial charge in [0.2, 0.25) is 5.91 Å². The van der Waals surface area contributed by atoms with Gasteiger partial charge in [-0.1, -0.05) is 24.6 Å². The first kappa shape index (κ1) is 20.8. The van der Waals surface area contributed by atoms with E-state index in [4.69, 9.17) is 10.7 Å². The summed E-state index contributed by atoms with van der Waals surface area (Å²) in [7, 11) is 0. The van der Waals surface area contributed by atoms with Gasteiger partial charge in [-0.3, -0.25) is 14.6 Å². The molecule has 3 rings (SSSR count). The van der Waals surface area contributed by atoms with Crippen molar-refractivity contribution in [2.45, 2.75) is 33.7 Å². The summed E-state index contributed by atoms with van der Waals surface area (Å²) in [4.78, 5) is 21.0. The summed E-state index contributed by atoms with van der Waals surface area (Å²) < 4.78 is 0. The second-order valence-corrected chi connectivity index (χ2v) is 8.12. The Hall–Kier alpha value is -1.47. The van der Waals surface area contributed by atoms with Crippen molar-refractivity contribution in [3.8, 4) is 0 Å². The monoisotopic (exact) mass is 394 g/mol. The Balaban J connectivity index is 0.00000243. The van der Waals surface area contributed by atoms with Crippen LogP contribution in [0.4, 0.5) is 10.8 Å². The van der Waals surface area contributed by atoms with Crippen LogP contribution in [0.15, 0.2) is 29.6 Å². The van der Waals surface area contributed by atoms with Crippen LogP contribution in [0.3, 0.4) is 0 Å². The minimum Gasteiger partial charge on any atom is -0.330 e. The first-order chi connectivity index (χ1) is 11.9. The van der Waals surface area contributed by atoms with Gasteiger partial charge in [-0.15, -0.1) is 23.7 Å². The van der Waals surface area contributed by atoms with E-state index in [-0.39, 0.29) is 23.7 Å². The summed E-state index contributed by atoms with van der Waals surface area (Å²) >= 11 is 1.52. The maximum atomic E-state index is 12.2. The normalized spacial score (nSPS) is 20.0. The molecule has 0 aliphatic carbocycles. The molecule has 2 N–H and O–H groups in total. The summed E-state index contributed by atoms with van der Waals surface area (Å²) in [5, 5.41) is 2.78. The molecule has 142 valence electrons. The molecule has 1 aliphatic rings. The van der Waals surface area contributed by atoms with E-state index in [1.807, 2.05) is 31.2 Å². The molecule has 7 heteroatoms. The highest BCUT2D eigenvalue weighted by atomic mass is 35.5. The zero-order valence-corrected chi connectivity index (χ0v) is 17.2. The summed E-state index contributed by atoms with van der Waals surface area (Å²) in [6.45, 7) is 9.44. The van der Waals surface area contributed by atoms with Crippen LogP contribution in [0.5, 0.6) is 0 Å². The average Bonchev–Trinajstić information content (AvgIpc) is 3.17. The lowest BCUT2D eigenvalue weighted by molar-refractivity contribution is -0.115. The molecule has 1 unspecified atom stereocenters. The molecule has 0 spiro atoms. The molecule has 1 aliphatic heterocycles. The highest BCUT2D eigenvalue weighted by Crippen LogP contribution is 2.32. The maximum absolute atomic E-state index is 12.2. The van der Waals surface area contributed by atoms with Crippen molar-refractivity contribution in [3.63, 3.8) is 0 Å². The third-order valence-electron chi connectivity index (χ3n) is 4.85. The van der Waals surface area contributed by atoms with Gasteiger partial charge >= 0.3 is 0 Å². The molecule has 0 radical (unpaired) electrons. The van der Waals surface area contributed by atoms with Crippen LogP contribution < -0.4 is 10.6 Å². The molecule has 0 saturated carbocycles. The molecule has 1 fully saturated rings. The fourth-order valence-corrected chi connectivity index (χ4v) is 4.13. The van der Waals surface area contributed by atoms with Crippen molar-refractivity contribution in [1.29, 1.82) is 0 Å². The molecule has 1 saturated heterocycles. The molecular weight excluding hydrogens is 368 g/mol. The smallest absolute Gasteiger partial charge is 0.230 e. The van der Waals surface area contributed by atoms with Crippen LogP contribution in [0.25, 0.3) is 0 Å². The molecule has 5 nitrogen and oxygen atoms in total. The molecule has 1 amide bonds. The first-order valence-corrected chi connectivity index (χ1v) is 9.52. The number of halogens is 1. The van der Waals surface area contributed by atoms with E-state index < -0.39 is 0 Å². The first-order valence-electron chi connectivity index (χ1n) is 8.64. The SMILES string of the molecule is CC(=O)N(c1ccc(C)cc1)c1nc(CN2CCC(C)(CN)C2)cs1.Cl. The highest BCUT2D eigenvalue weighted by molar-refractivity contribution is 7.14. The number of hydrogen-bond donors (Lipinski definition) is 1. The van der Waals surface area contributed by atoms with Gasteiger partial charge in [-0.05, 0) is 44.0 Å². The van der Waals surface area contributed by atoms with E-state index in [9.17, 15) is 4.79 Å². The van der Waals surface area contributed by atoms with Gasteiger partial charge in [-0.2, -0.15) is 0 Å². The number of likely N-dealkylation sites (tertiary alicyclic amines) is 1. The number of rotatable bonds is 5. The Bertz CT molecular complexity index is 748. The number of nitrogens with zero attached hydrogens (tertiary/aromatic N) is 3. The summed E-state index contributed by atoms with van der Waals surface area (Å²) in [5.41, 5.74) is 9.15. The number of carbonyl (C=O) groups excluding carboxylic acids is 1. The Morgan fingerprint density at radius 1 is 1.38 bits per heavy atom. The number of aromatic nitrogens is 1. The summed E-state index contributed by atoms with van der Waals surface area (Å²) in [6.07, 6.45) is 1.13. The lowest BCUT2D eigenvalue weighted by Crippen LogP contribution is -2.31. The number of carbonyl (C=O) groups is 1. The maximum Gasteiger partial charge on any atom is 0.230 e. The van der Waals surface area contributed by atoms with Crippen LogP contribution in [-0.4, -0.2) is 35.4 Å². The van der Waals surface area contributed by atoms with E-state index in [2.05, 4.69) is 17.2 Å². The van der Waals surface area contributed by atoms with E-state index >= 15 is 0 Å². The van der Waals surface area contributed by atoms with Gasteiger partial charge in [0.1, 0.15) is 0 Å². The lowest BCUT2D eigenvalue weighted by atomic mass is 9.90. The number of hydrogen-bond acceptors (Lipinski definition) is 5. The minimum atomic E-state index is -0.0263.